The smallest absolute Gasteiger partial charge is 0.319 e. The lowest BCUT2D eigenvalue weighted by Crippen LogP contribution is -2.50. The van der Waals surface area contributed by atoms with Gasteiger partial charge in [0, 0.05) is 5.25 Å². The highest BCUT2D eigenvalue weighted by atomic mass is 32.2. The zero-order valence-electron chi connectivity index (χ0n) is 9.71. The summed E-state index contributed by atoms with van der Waals surface area (Å²) in [6.07, 6.45) is 10.9. The Kier molecular flexibility index (Phi) is 2.50. The van der Waals surface area contributed by atoms with E-state index in [2.05, 4.69) is 0 Å². The molecule has 0 heterocycles. The van der Waals surface area contributed by atoms with Crippen molar-refractivity contribution in [2.45, 2.75) is 67.8 Å². The summed E-state index contributed by atoms with van der Waals surface area (Å²) in [6, 6.07) is 0. The van der Waals surface area contributed by atoms with Gasteiger partial charge >= 0.3 is 5.97 Å². The van der Waals surface area contributed by atoms with Gasteiger partial charge in [0.2, 0.25) is 0 Å². The molecule has 0 unspecified atom stereocenters. The molecule has 3 aliphatic rings. The molecule has 3 fully saturated rings. The van der Waals surface area contributed by atoms with E-state index in [-0.39, 0.29) is 0 Å². The maximum absolute atomic E-state index is 11.5. The lowest BCUT2D eigenvalue weighted by Gasteiger charge is -2.46. The third-order valence-electron chi connectivity index (χ3n) is 4.61. The van der Waals surface area contributed by atoms with Crippen molar-refractivity contribution in [3.63, 3.8) is 0 Å². The molecule has 0 aromatic heterocycles. The van der Waals surface area contributed by atoms with E-state index < -0.39 is 10.7 Å². The van der Waals surface area contributed by atoms with Gasteiger partial charge in [-0.2, -0.15) is 0 Å². The summed E-state index contributed by atoms with van der Waals surface area (Å²) in [5, 5.41) is 10.1. The summed E-state index contributed by atoms with van der Waals surface area (Å²) in [6.45, 7) is 0. The van der Waals surface area contributed by atoms with Crippen LogP contribution in [0.1, 0.15) is 57.8 Å². The molecule has 3 heteroatoms. The van der Waals surface area contributed by atoms with Gasteiger partial charge in [-0.1, -0.05) is 19.3 Å². The van der Waals surface area contributed by atoms with E-state index in [1.165, 1.54) is 44.9 Å². The van der Waals surface area contributed by atoms with Gasteiger partial charge in [0.1, 0.15) is 4.75 Å². The Morgan fingerprint density at radius 2 is 1.75 bits per heavy atom. The van der Waals surface area contributed by atoms with E-state index in [9.17, 15) is 9.90 Å². The fourth-order valence-electron chi connectivity index (χ4n) is 3.48. The molecule has 1 N–H and O–H groups in total. The molecular weight excluding hydrogens is 220 g/mol. The lowest BCUT2D eigenvalue weighted by atomic mass is 9.71. The van der Waals surface area contributed by atoms with Gasteiger partial charge in [-0.25, -0.2) is 0 Å². The Hall–Kier alpha value is -0.180. The summed E-state index contributed by atoms with van der Waals surface area (Å²) in [4.78, 5) is 11.5. The van der Waals surface area contributed by atoms with E-state index in [0.717, 1.165) is 12.8 Å². The highest BCUT2D eigenvalue weighted by molar-refractivity contribution is 8.02. The maximum atomic E-state index is 11.5. The Balaban J connectivity index is 1.63. The van der Waals surface area contributed by atoms with E-state index >= 15 is 0 Å². The number of hydrogen-bond donors (Lipinski definition) is 1. The van der Waals surface area contributed by atoms with Crippen LogP contribution in [0.25, 0.3) is 0 Å². The summed E-state index contributed by atoms with van der Waals surface area (Å²) >= 11 is 1.81. The van der Waals surface area contributed by atoms with E-state index in [1.807, 2.05) is 0 Å². The van der Waals surface area contributed by atoms with Crippen molar-refractivity contribution in [3.8, 4) is 0 Å². The first-order valence-electron chi connectivity index (χ1n) is 6.56. The van der Waals surface area contributed by atoms with Crippen LogP contribution in [0, 0.1) is 5.41 Å². The normalized spacial score (nSPS) is 31.0. The molecule has 0 bridgehead atoms. The molecule has 0 saturated heterocycles. The van der Waals surface area contributed by atoms with Gasteiger partial charge in [0.25, 0.3) is 0 Å². The molecule has 0 aromatic rings. The highest BCUT2D eigenvalue weighted by Crippen LogP contribution is 2.69. The topological polar surface area (TPSA) is 37.3 Å². The van der Waals surface area contributed by atoms with Gasteiger partial charge in [-0.3, -0.25) is 4.79 Å². The number of carbonyl (C=O) groups is 1. The van der Waals surface area contributed by atoms with Gasteiger partial charge in [-0.15, -0.1) is 11.8 Å². The maximum Gasteiger partial charge on any atom is 0.319 e. The minimum atomic E-state index is -0.541. The predicted molar refractivity (Wildman–Crippen MR) is 65.7 cm³/mol. The van der Waals surface area contributed by atoms with Crippen molar-refractivity contribution >= 4 is 17.7 Å². The fourth-order valence-corrected chi connectivity index (χ4v) is 5.56. The zero-order valence-corrected chi connectivity index (χ0v) is 10.5. The van der Waals surface area contributed by atoms with E-state index in [1.54, 1.807) is 11.8 Å². The third kappa shape index (κ3) is 1.77. The Morgan fingerprint density at radius 1 is 1.12 bits per heavy atom. The molecule has 3 saturated carbocycles. The third-order valence-corrected chi connectivity index (χ3v) is 6.33. The monoisotopic (exact) mass is 240 g/mol. The second kappa shape index (κ2) is 3.66. The van der Waals surface area contributed by atoms with Crippen LogP contribution in [-0.2, 0) is 4.79 Å². The second-order valence-electron chi connectivity index (χ2n) is 6.03. The van der Waals surface area contributed by atoms with Gasteiger partial charge in [0.15, 0.2) is 0 Å². The summed E-state index contributed by atoms with van der Waals surface area (Å²) < 4.78 is -0.390. The number of thioether (sulfide) groups is 1. The summed E-state index contributed by atoms with van der Waals surface area (Å²) in [5.41, 5.74) is 0.486. The molecule has 1 spiro atoms. The van der Waals surface area contributed by atoms with Crippen molar-refractivity contribution in [1.29, 1.82) is 0 Å². The molecule has 0 amide bonds. The summed E-state index contributed by atoms with van der Waals surface area (Å²) in [5.74, 6) is -0.541. The minimum absolute atomic E-state index is 0.390. The van der Waals surface area contributed by atoms with Crippen molar-refractivity contribution in [3.05, 3.63) is 0 Å². The number of carboxylic acids is 1. The molecular formula is C13H20O2S. The molecule has 0 radical (unpaired) electrons. The molecule has 0 aromatic carbocycles. The fraction of sp³-hybridized carbons (Fsp3) is 0.923. The number of rotatable bonds is 3. The standard InChI is InChI=1S/C13H20O2S/c14-11(15)13(8-12(9-13)6-7-12)16-10-4-2-1-3-5-10/h10H,1-9H2,(H,14,15). The van der Waals surface area contributed by atoms with Crippen LogP contribution in [0.4, 0.5) is 0 Å². The van der Waals surface area contributed by atoms with E-state index in [4.69, 9.17) is 0 Å². The molecule has 0 atom stereocenters. The average molecular weight is 240 g/mol. The molecule has 16 heavy (non-hydrogen) atoms. The predicted octanol–water partition coefficient (Wildman–Crippen LogP) is 3.45. The lowest BCUT2D eigenvalue weighted by molar-refractivity contribution is -0.144. The first kappa shape index (κ1) is 10.9. The van der Waals surface area contributed by atoms with Crippen LogP contribution in [0.15, 0.2) is 0 Å². The molecule has 3 aliphatic carbocycles. The first-order chi connectivity index (χ1) is 7.64. The Morgan fingerprint density at radius 3 is 2.25 bits per heavy atom. The summed E-state index contributed by atoms with van der Waals surface area (Å²) in [7, 11) is 0. The van der Waals surface area contributed by atoms with Crippen LogP contribution >= 0.6 is 11.8 Å². The van der Waals surface area contributed by atoms with Crippen molar-refractivity contribution in [2.24, 2.45) is 5.41 Å². The van der Waals surface area contributed by atoms with Crippen molar-refractivity contribution in [1.82, 2.24) is 0 Å². The SMILES string of the molecule is O=C(O)C1(SC2CCCCC2)CC2(CC2)C1. The van der Waals surface area contributed by atoms with Gasteiger partial charge in [-0.05, 0) is 43.9 Å². The molecule has 90 valence electrons. The quantitative estimate of drug-likeness (QED) is 0.821. The van der Waals surface area contributed by atoms with Crippen LogP contribution in [0.5, 0.6) is 0 Å². The van der Waals surface area contributed by atoms with Gasteiger partial charge in [0.05, 0.1) is 0 Å². The van der Waals surface area contributed by atoms with Crippen LogP contribution in [0.2, 0.25) is 0 Å². The second-order valence-corrected chi connectivity index (χ2v) is 7.71. The Labute approximate surface area is 101 Å². The Bertz CT molecular complexity index is 295. The highest BCUT2D eigenvalue weighted by Gasteiger charge is 2.65. The average Bonchev–Trinajstić information content (AvgIpc) is 2.98. The van der Waals surface area contributed by atoms with Crippen LogP contribution < -0.4 is 0 Å². The largest absolute Gasteiger partial charge is 0.480 e. The van der Waals surface area contributed by atoms with Gasteiger partial charge < -0.3 is 5.11 Å². The zero-order chi connectivity index (χ0) is 11.2. The number of carboxylic acid groups (broad SMARTS) is 1. The van der Waals surface area contributed by atoms with Crippen molar-refractivity contribution in [2.75, 3.05) is 0 Å². The number of hydrogen-bond acceptors (Lipinski definition) is 2. The molecule has 2 nitrogen and oxygen atoms in total. The molecule has 3 rings (SSSR count). The number of aliphatic carboxylic acids is 1. The molecule has 0 aliphatic heterocycles. The van der Waals surface area contributed by atoms with E-state index in [0.29, 0.717) is 10.7 Å². The van der Waals surface area contributed by atoms with Crippen LogP contribution in [-0.4, -0.2) is 21.1 Å². The van der Waals surface area contributed by atoms with Crippen molar-refractivity contribution < 1.29 is 9.90 Å². The van der Waals surface area contributed by atoms with Crippen LogP contribution in [0.3, 0.4) is 0 Å². The first-order valence-corrected chi connectivity index (χ1v) is 7.44. The minimum Gasteiger partial charge on any atom is -0.480 e.